The Bertz CT molecular complexity index is 947. The Labute approximate surface area is 387 Å². The summed E-state index contributed by atoms with van der Waals surface area (Å²) in [5, 5.41) is 0. The second kappa shape index (κ2) is 48.9. The van der Waals surface area contributed by atoms with Crippen molar-refractivity contribution in [3.05, 3.63) is 0 Å². The van der Waals surface area contributed by atoms with Gasteiger partial charge in [-0.3, -0.25) is 14.4 Å². The van der Waals surface area contributed by atoms with E-state index in [0.29, 0.717) is 19.3 Å². The maximum Gasteiger partial charge on any atom is 0.306 e. The van der Waals surface area contributed by atoms with Crippen LogP contribution in [0.15, 0.2) is 0 Å². The van der Waals surface area contributed by atoms with Crippen LogP contribution in [0.25, 0.3) is 0 Å². The summed E-state index contributed by atoms with van der Waals surface area (Å²) < 4.78 is 16.8. The molecule has 6 nitrogen and oxygen atoms in total. The standard InChI is InChI=1S/C56H108O6/c1-6-7-8-9-10-11-26-33-38-43-48-56(59)62-53(50-61-55(58)47-42-37-32-28-23-19-15-17-21-25-30-35-40-45-52(4)5)49-60-54(57)46-41-36-31-27-22-18-14-12-13-16-20-24-29-34-39-44-51(2)3/h51-53H,6-50H2,1-5H3/t53-/m1/s1. The lowest BCUT2D eigenvalue weighted by molar-refractivity contribution is -0.167. The molecule has 0 aromatic rings. The minimum atomic E-state index is -0.761. The number of hydrogen-bond acceptors (Lipinski definition) is 6. The van der Waals surface area contributed by atoms with Crippen LogP contribution >= 0.6 is 0 Å². The van der Waals surface area contributed by atoms with E-state index in [1.54, 1.807) is 0 Å². The highest BCUT2D eigenvalue weighted by atomic mass is 16.6. The summed E-state index contributed by atoms with van der Waals surface area (Å²) in [6.45, 7) is 11.4. The van der Waals surface area contributed by atoms with Gasteiger partial charge in [-0.15, -0.1) is 0 Å². The third-order valence-corrected chi connectivity index (χ3v) is 12.7. The van der Waals surface area contributed by atoms with E-state index >= 15 is 0 Å². The van der Waals surface area contributed by atoms with Crippen molar-refractivity contribution >= 4 is 17.9 Å². The molecule has 1 atom stereocenters. The lowest BCUT2D eigenvalue weighted by Crippen LogP contribution is -2.30. The molecule has 0 rings (SSSR count). The molecule has 0 bridgehead atoms. The van der Waals surface area contributed by atoms with Crippen LogP contribution in [0.3, 0.4) is 0 Å². The van der Waals surface area contributed by atoms with Crippen LogP contribution in [0.1, 0.15) is 311 Å². The highest BCUT2D eigenvalue weighted by molar-refractivity contribution is 5.71. The van der Waals surface area contributed by atoms with Gasteiger partial charge in [-0.2, -0.15) is 0 Å². The predicted molar refractivity (Wildman–Crippen MR) is 266 cm³/mol. The van der Waals surface area contributed by atoms with Crippen LogP contribution in [0.4, 0.5) is 0 Å². The van der Waals surface area contributed by atoms with Gasteiger partial charge in [-0.25, -0.2) is 0 Å². The van der Waals surface area contributed by atoms with E-state index in [1.165, 1.54) is 199 Å². The van der Waals surface area contributed by atoms with Gasteiger partial charge in [0.25, 0.3) is 0 Å². The Balaban J connectivity index is 4.23. The monoisotopic (exact) mass is 877 g/mol. The number of unbranched alkanes of at least 4 members (excludes halogenated alkanes) is 35. The third-order valence-electron chi connectivity index (χ3n) is 12.7. The largest absolute Gasteiger partial charge is 0.462 e. The lowest BCUT2D eigenvalue weighted by atomic mass is 10.0. The van der Waals surface area contributed by atoms with E-state index < -0.39 is 6.10 Å². The Morgan fingerprint density at radius 2 is 0.532 bits per heavy atom. The van der Waals surface area contributed by atoms with Crippen molar-refractivity contribution in [1.82, 2.24) is 0 Å². The van der Waals surface area contributed by atoms with Gasteiger partial charge >= 0.3 is 17.9 Å². The van der Waals surface area contributed by atoms with E-state index in [-0.39, 0.29) is 31.1 Å². The molecule has 0 aromatic heterocycles. The van der Waals surface area contributed by atoms with E-state index in [9.17, 15) is 14.4 Å². The Morgan fingerprint density at radius 3 is 0.790 bits per heavy atom. The van der Waals surface area contributed by atoms with E-state index in [2.05, 4.69) is 34.6 Å². The summed E-state index contributed by atoms with van der Waals surface area (Å²) in [4.78, 5) is 38.0. The smallest absolute Gasteiger partial charge is 0.306 e. The number of hydrogen-bond donors (Lipinski definition) is 0. The van der Waals surface area contributed by atoms with E-state index in [0.717, 1.165) is 69.6 Å². The number of carbonyl (C=O) groups excluding carboxylic acids is 3. The van der Waals surface area contributed by atoms with Gasteiger partial charge in [0.15, 0.2) is 6.10 Å². The minimum Gasteiger partial charge on any atom is -0.462 e. The van der Waals surface area contributed by atoms with Crippen LogP contribution < -0.4 is 0 Å². The summed E-state index contributed by atoms with van der Waals surface area (Å²) in [7, 11) is 0. The number of ether oxygens (including phenoxy) is 3. The van der Waals surface area contributed by atoms with Gasteiger partial charge in [0.05, 0.1) is 0 Å². The van der Waals surface area contributed by atoms with Gasteiger partial charge in [0.2, 0.25) is 0 Å². The Morgan fingerprint density at radius 1 is 0.306 bits per heavy atom. The van der Waals surface area contributed by atoms with E-state index in [1.807, 2.05) is 0 Å². The minimum absolute atomic E-state index is 0.0630. The second-order valence-corrected chi connectivity index (χ2v) is 20.2. The summed E-state index contributed by atoms with van der Waals surface area (Å²) >= 11 is 0. The highest BCUT2D eigenvalue weighted by Gasteiger charge is 2.19. The van der Waals surface area contributed by atoms with Gasteiger partial charge in [0.1, 0.15) is 13.2 Å². The maximum absolute atomic E-state index is 12.8. The van der Waals surface area contributed by atoms with Gasteiger partial charge in [-0.05, 0) is 31.1 Å². The van der Waals surface area contributed by atoms with Crippen LogP contribution in [-0.4, -0.2) is 37.2 Å². The van der Waals surface area contributed by atoms with Crippen LogP contribution in [0, 0.1) is 11.8 Å². The number of esters is 3. The molecule has 0 aliphatic rings. The molecule has 368 valence electrons. The fourth-order valence-electron chi connectivity index (χ4n) is 8.52. The van der Waals surface area contributed by atoms with Gasteiger partial charge in [-0.1, -0.05) is 272 Å². The third kappa shape index (κ3) is 49.4. The summed E-state index contributed by atoms with van der Waals surface area (Å²) in [6.07, 6.45) is 50.9. The molecular weight excluding hydrogens is 769 g/mol. The summed E-state index contributed by atoms with van der Waals surface area (Å²) in [5.74, 6) is 0.845. The molecule has 62 heavy (non-hydrogen) atoms. The van der Waals surface area contributed by atoms with Crippen molar-refractivity contribution in [2.75, 3.05) is 13.2 Å². The SMILES string of the molecule is CCCCCCCCCCCCC(=O)O[C@H](COC(=O)CCCCCCCCCCCCCCCCCC(C)C)COC(=O)CCCCCCCCCCCCCCCC(C)C. The zero-order valence-electron chi connectivity index (χ0n) is 42.5. The van der Waals surface area contributed by atoms with Crippen molar-refractivity contribution in [1.29, 1.82) is 0 Å². The van der Waals surface area contributed by atoms with Gasteiger partial charge in [0, 0.05) is 19.3 Å². The fraction of sp³-hybridized carbons (Fsp3) is 0.946. The average Bonchev–Trinajstić information content (AvgIpc) is 3.24. The quantitative estimate of drug-likeness (QED) is 0.0344. The van der Waals surface area contributed by atoms with Gasteiger partial charge < -0.3 is 14.2 Å². The number of rotatable bonds is 50. The fourth-order valence-corrected chi connectivity index (χ4v) is 8.52. The summed E-state index contributed by atoms with van der Waals surface area (Å²) in [6, 6.07) is 0. The predicted octanol–water partition coefficient (Wildman–Crippen LogP) is 18.1. The van der Waals surface area contributed by atoms with Crippen LogP contribution in [0.5, 0.6) is 0 Å². The molecule has 0 fully saturated rings. The molecular formula is C56H108O6. The van der Waals surface area contributed by atoms with Crippen molar-refractivity contribution < 1.29 is 28.6 Å². The van der Waals surface area contributed by atoms with Crippen LogP contribution in [0.2, 0.25) is 0 Å². The molecule has 0 N–H and O–H groups in total. The average molecular weight is 877 g/mol. The zero-order chi connectivity index (χ0) is 45.4. The first-order valence-electron chi connectivity index (χ1n) is 27.7. The molecule has 0 radical (unpaired) electrons. The molecule has 0 spiro atoms. The highest BCUT2D eigenvalue weighted by Crippen LogP contribution is 2.18. The molecule has 0 saturated heterocycles. The molecule has 0 unspecified atom stereocenters. The molecule has 0 aromatic carbocycles. The summed E-state index contributed by atoms with van der Waals surface area (Å²) in [5.41, 5.74) is 0. The van der Waals surface area contributed by atoms with Crippen molar-refractivity contribution in [2.24, 2.45) is 11.8 Å². The van der Waals surface area contributed by atoms with Crippen molar-refractivity contribution in [2.45, 2.75) is 317 Å². The zero-order valence-corrected chi connectivity index (χ0v) is 42.5. The molecule has 0 aliphatic carbocycles. The molecule has 0 heterocycles. The maximum atomic E-state index is 12.8. The Hall–Kier alpha value is -1.59. The van der Waals surface area contributed by atoms with Crippen LogP contribution in [-0.2, 0) is 28.6 Å². The first-order chi connectivity index (χ1) is 30.2. The van der Waals surface area contributed by atoms with Crippen molar-refractivity contribution in [3.63, 3.8) is 0 Å². The molecule has 6 heteroatoms. The topological polar surface area (TPSA) is 78.9 Å². The molecule has 0 saturated carbocycles. The number of carbonyl (C=O) groups is 3. The molecule has 0 aliphatic heterocycles. The first-order valence-corrected chi connectivity index (χ1v) is 27.7. The second-order valence-electron chi connectivity index (χ2n) is 20.2. The van der Waals surface area contributed by atoms with E-state index in [4.69, 9.17) is 14.2 Å². The molecule has 0 amide bonds. The van der Waals surface area contributed by atoms with Crippen molar-refractivity contribution in [3.8, 4) is 0 Å². The lowest BCUT2D eigenvalue weighted by Gasteiger charge is -2.18. The first kappa shape index (κ1) is 60.4. The Kier molecular flexibility index (Phi) is 47.6. The normalized spacial score (nSPS) is 12.0.